The molecule has 0 aliphatic carbocycles. The highest BCUT2D eigenvalue weighted by Crippen LogP contribution is 2.34. The Bertz CT molecular complexity index is 967. The van der Waals surface area contributed by atoms with Crippen LogP contribution in [-0.2, 0) is 13.2 Å². The summed E-state index contributed by atoms with van der Waals surface area (Å²) in [5.74, 6) is 0.382. The summed E-state index contributed by atoms with van der Waals surface area (Å²) in [6.45, 7) is 0.756. The van der Waals surface area contributed by atoms with Crippen LogP contribution in [-0.4, -0.2) is 7.11 Å². The zero-order chi connectivity index (χ0) is 20.1. The predicted molar refractivity (Wildman–Crippen MR) is 110 cm³/mol. The molecule has 146 valence electrons. The summed E-state index contributed by atoms with van der Waals surface area (Å²) in [6.07, 6.45) is 0. The summed E-state index contributed by atoms with van der Waals surface area (Å²) >= 11 is 9.34. The molecule has 0 saturated heterocycles. The van der Waals surface area contributed by atoms with Gasteiger partial charge < -0.3 is 14.8 Å². The van der Waals surface area contributed by atoms with E-state index >= 15 is 0 Å². The summed E-state index contributed by atoms with van der Waals surface area (Å²) in [5.41, 5.74) is 2.47. The lowest BCUT2D eigenvalue weighted by molar-refractivity contribution is 0.284. The van der Waals surface area contributed by atoms with Gasteiger partial charge in [0.25, 0.3) is 0 Å². The van der Waals surface area contributed by atoms with E-state index in [1.54, 1.807) is 25.3 Å². The summed E-state index contributed by atoms with van der Waals surface area (Å²) in [6, 6.07) is 14.2. The molecule has 0 atom stereocenters. The van der Waals surface area contributed by atoms with Crippen molar-refractivity contribution < 1.29 is 18.3 Å². The molecule has 0 unspecified atom stereocenters. The normalized spacial score (nSPS) is 10.6. The van der Waals surface area contributed by atoms with Gasteiger partial charge in [-0.3, -0.25) is 0 Å². The molecule has 0 heterocycles. The first-order valence-corrected chi connectivity index (χ1v) is 9.56. The number of hydrogen-bond acceptors (Lipinski definition) is 3. The van der Waals surface area contributed by atoms with Gasteiger partial charge in [-0.15, -0.1) is 0 Å². The summed E-state index contributed by atoms with van der Waals surface area (Å²) in [5, 5.41) is 3.25. The molecule has 0 fully saturated rings. The van der Waals surface area contributed by atoms with Gasteiger partial charge in [-0.05, 0) is 53.6 Å². The van der Waals surface area contributed by atoms with Crippen LogP contribution < -0.4 is 14.8 Å². The monoisotopic (exact) mass is 467 g/mol. The molecule has 3 aromatic rings. The largest absolute Gasteiger partial charge is 0.493 e. The first-order chi connectivity index (χ1) is 13.5. The molecule has 0 aromatic heterocycles. The average molecular weight is 469 g/mol. The molecule has 7 heteroatoms. The standard InChI is InChI=1S/C21H17BrClF2NO2/c1-27-20-8-14(11-26-16-6-7-19(25)18(23)9-16)17(22)10-21(20)28-12-13-2-4-15(24)5-3-13/h2-10,26H,11-12H2,1H3. The van der Waals surface area contributed by atoms with Gasteiger partial charge in [0.05, 0.1) is 12.1 Å². The van der Waals surface area contributed by atoms with Gasteiger partial charge in [0, 0.05) is 16.7 Å². The van der Waals surface area contributed by atoms with Crippen LogP contribution in [0, 0.1) is 11.6 Å². The molecule has 0 aliphatic rings. The van der Waals surface area contributed by atoms with Gasteiger partial charge in [0.1, 0.15) is 18.2 Å². The molecular weight excluding hydrogens is 452 g/mol. The van der Waals surface area contributed by atoms with Crippen molar-refractivity contribution in [2.75, 3.05) is 12.4 Å². The molecular formula is C21H17BrClF2NO2. The van der Waals surface area contributed by atoms with Crippen molar-refractivity contribution in [2.45, 2.75) is 13.2 Å². The second kappa shape index (κ2) is 9.26. The number of nitrogens with one attached hydrogen (secondary N) is 1. The fourth-order valence-corrected chi connectivity index (χ4v) is 3.17. The first-order valence-electron chi connectivity index (χ1n) is 8.39. The van der Waals surface area contributed by atoms with E-state index in [1.807, 2.05) is 12.1 Å². The third-order valence-corrected chi connectivity index (χ3v) is 5.07. The van der Waals surface area contributed by atoms with Crippen LogP contribution >= 0.6 is 27.5 Å². The van der Waals surface area contributed by atoms with Crippen LogP contribution in [0.4, 0.5) is 14.5 Å². The van der Waals surface area contributed by atoms with Crippen molar-refractivity contribution in [1.82, 2.24) is 0 Å². The SMILES string of the molecule is COc1cc(CNc2ccc(F)c(Cl)c2)c(Br)cc1OCc1ccc(F)cc1. The van der Waals surface area contributed by atoms with Gasteiger partial charge in [-0.2, -0.15) is 0 Å². The Morgan fingerprint density at radius 1 is 1.00 bits per heavy atom. The van der Waals surface area contributed by atoms with Crippen molar-refractivity contribution in [3.05, 3.63) is 86.9 Å². The lowest BCUT2D eigenvalue weighted by atomic mass is 10.2. The van der Waals surface area contributed by atoms with Crippen LogP contribution in [0.15, 0.2) is 59.1 Å². The van der Waals surface area contributed by atoms with Gasteiger partial charge in [0.15, 0.2) is 11.5 Å². The Morgan fingerprint density at radius 2 is 1.75 bits per heavy atom. The van der Waals surface area contributed by atoms with E-state index < -0.39 is 5.82 Å². The second-order valence-corrected chi connectivity index (χ2v) is 7.25. The Morgan fingerprint density at radius 3 is 2.43 bits per heavy atom. The number of benzene rings is 3. The van der Waals surface area contributed by atoms with Gasteiger partial charge in [0.2, 0.25) is 0 Å². The van der Waals surface area contributed by atoms with E-state index in [4.69, 9.17) is 21.1 Å². The van der Waals surface area contributed by atoms with Gasteiger partial charge >= 0.3 is 0 Å². The minimum Gasteiger partial charge on any atom is -0.493 e. The third kappa shape index (κ3) is 5.14. The van der Waals surface area contributed by atoms with Crippen molar-refractivity contribution in [3.8, 4) is 11.5 Å². The zero-order valence-corrected chi connectivity index (χ0v) is 17.3. The third-order valence-electron chi connectivity index (χ3n) is 4.04. The molecule has 28 heavy (non-hydrogen) atoms. The number of methoxy groups -OCH3 is 1. The number of rotatable bonds is 7. The van der Waals surface area contributed by atoms with Crippen molar-refractivity contribution in [3.63, 3.8) is 0 Å². The molecule has 0 spiro atoms. The molecule has 0 bridgehead atoms. The minimum absolute atomic E-state index is 0.0613. The fourth-order valence-electron chi connectivity index (χ4n) is 2.53. The van der Waals surface area contributed by atoms with E-state index in [1.165, 1.54) is 24.3 Å². The predicted octanol–water partition coefficient (Wildman–Crippen LogP) is 6.58. The minimum atomic E-state index is -0.460. The molecule has 3 nitrogen and oxygen atoms in total. The van der Waals surface area contributed by atoms with Gasteiger partial charge in [-0.1, -0.05) is 39.7 Å². The lowest BCUT2D eigenvalue weighted by Gasteiger charge is -2.15. The Labute approximate surface area is 175 Å². The molecule has 0 radical (unpaired) electrons. The van der Waals surface area contributed by atoms with Crippen molar-refractivity contribution in [2.24, 2.45) is 0 Å². The molecule has 3 rings (SSSR count). The van der Waals surface area contributed by atoms with Crippen LogP contribution in [0.25, 0.3) is 0 Å². The van der Waals surface area contributed by atoms with Crippen molar-refractivity contribution >= 4 is 33.2 Å². The van der Waals surface area contributed by atoms with Crippen LogP contribution in [0.3, 0.4) is 0 Å². The fraction of sp³-hybridized carbons (Fsp3) is 0.143. The van der Waals surface area contributed by atoms with E-state index in [0.29, 0.717) is 23.7 Å². The highest BCUT2D eigenvalue weighted by Gasteiger charge is 2.11. The topological polar surface area (TPSA) is 30.5 Å². The molecule has 1 N–H and O–H groups in total. The quantitative estimate of drug-likeness (QED) is 0.425. The van der Waals surface area contributed by atoms with E-state index in [0.717, 1.165) is 15.6 Å². The maximum atomic E-state index is 13.3. The van der Waals surface area contributed by atoms with E-state index in [9.17, 15) is 8.78 Å². The van der Waals surface area contributed by atoms with Crippen LogP contribution in [0.5, 0.6) is 11.5 Å². The lowest BCUT2D eigenvalue weighted by Crippen LogP contribution is -2.03. The molecule has 0 saturated carbocycles. The zero-order valence-electron chi connectivity index (χ0n) is 14.9. The number of anilines is 1. The highest BCUT2D eigenvalue weighted by molar-refractivity contribution is 9.10. The maximum Gasteiger partial charge on any atom is 0.162 e. The molecule has 0 aliphatic heterocycles. The van der Waals surface area contributed by atoms with E-state index in [2.05, 4.69) is 21.2 Å². The Balaban J connectivity index is 1.71. The summed E-state index contributed by atoms with van der Waals surface area (Å²) < 4.78 is 38.4. The number of halogens is 4. The Kier molecular flexibility index (Phi) is 6.75. The number of hydrogen-bond donors (Lipinski definition) is 1. The summed E-state index contributed by atoms with van der Waals surface area (Å²) in [7, 11) is 1.56. The second-order valence-electron chi connectivity index (χ2n) is 5.99. The number of ether oxygens (including phenoxy) is 2. The van der Waals surface area contributed by atoms with E-state index in [-0.39, 0.29) is 17.4 Å². The maximum absolute atomic E-state index is 13.3. The van der Waals surface area contributed by atoms with Crippen LogP contribution in [0.1, 0.15) is 11.1 Å². The molecule has 3 aromatic carbocycles. The first kappa shape index (κ1) is 20.4. The van der Waals surface area contributed by atoms with Gasteiger partial charge in [-0.25, -0.2) is 8.78 Å². The van der Waals surface area contributed by atoms with Crippen LogP contribution in [0.2, 0.25) is 5.02 Å². The van der Waals surface area contributed by atoms with Crippen molar-refractivity contribution in [1.29, 1.82) is 0 Å². The molecule has 0 amide bonds. The Hall–Kier alpha value is -2.31. The average Bonchev–Trinajstić information content (AvgIpc) is 2.69. The smallest absolute Gasteiger partial charge is 0.162 e. The summed E-state index contributed by atoms with van der Waals surface area (Å²) in [4.78, 5) is 0. The highest BCUT2D eigenvalue weighted by atomic mass is 79.9.